The number of para-hydroxylation sites is 2. The lowest BCUT2D eigenvalue weighted by Crippen LogP contribution is -2.20. The highest BCUT2D eigenvalue weighted by Gasteiger charge is 2.37. The van der Waals surface area contributed by atoms with Gasteiger partial charge in [-0.05, 0) is 188 Å². The molecule has 0 aliphatic carbocycles. The van der Waals surface area contributed by atoms with E-state index in [0.29, 0.717) is 61.3 Å². The van der Waals surface area contributed by atoms with Crippen molar-refractivity contribution >= 4 is 78.1 Å². The first-order valence-corrected chi connectivity index (χ1v) is 43.1. The van der Waals surface area contributed by atoms with Crippen molar-refractivity contribution in [1.29, 1.82) is 0 Å². The Morgan fingerprint density at radius 2 is 0.517 bits per heavy atom. The van der Waals surface area contributed by atoms with E-state index in [-0.39, 0.29) is 107 Å². The standard InChI is InChI=1S/C104H128N4O8/c1-21-25-29-55-101(13,14)67-39-47-71(48-40-67)113-83-59-79(97(105)109)87-80(98(106)110)60-84(114-72-49-41-68(42-50-72)102(15,16)56-30-26-22-2)90-92-86(116-74-53-45-70(46-54-74)104(19,20)58-32-28-24-4)62-82(100(112)108-96-77(65(9)10)37-34-38-78(96)66(11)12)88-81(99(111)107-95-75(63(5)6)35-33-36-76(95)64(7)8)61-85(91(94(88)92)89(83)93(87)90)115-73-51-43-69(44-52-73)103(17,18)57-31-27-23-3/h33-54,59-66H,21-32,55-58H2,1-20H3,(H2,105,109)(H2,106,110)(H,107,111)(H,108,112). The highest BCUT2D eigenvalue weighted by Crippen LogP contribution is 2.58. The Hall–Kier alpha value is -10.2. The number of anilines is 2. The van der Waals surface area contributed by atoms with Gasteiger partial charge in [-0.2, -0.15) is 0 Å². The number of benzene rings is 11. The van der Waals surface area contributed by atoms with Gasteiger partial charge in [-0.3, -0.25) is 19.2 Å². The first kappa shape index (κ1) is 86.7. The SMILES string of the molecule is CCCCCC(C)(C)c1ccc(Oc2cc(C(N)=O)c3c(C(N)=O)cc(Oc4ccc(C(C)(C)CCCCC)cc4)c4c5c(Oc6ccc(C(C)(C)CCCCC)cc6)cc(C(=O)Nc6c(C(C)C)cccc6C(C)C)c6c(C(=O)Nc7c(C(C)C)cccc7C(C)C)cc(Oc7ccc(C(C)(C)CCCCC)cc7)c(c2c34)c65)cc1. The number of carbonyl (C=O) groups excluding carboxylic acids is 4. The summed E-state index contributed by atoms with van der Waals surface area (Å²) in [6, 6.07) is 51.4. The number of amides is 4. The Kier molecular flexibility index (Phi) is 27.3. The average molecular weight is 1560 g/mol. The summed E-state index contributed by atoms with van der Waals surface area (Å²) >= 11 is 0. The minimum atomic E-state index is -0.868. The third kappa shape index (κ3) is 18.8. The molecule has 4 amide bonds. The number of carbonyl (C=O) groups is 4. The number of rotatable bonds is 38. The van der Waals surface area contributed by atoms with Gasteiger partial charge in [-0.25, -0.2) is 0 Å². The minimum Gasteiger partial charge on any atom is -0.457 e. The van der Waals surface area contributed by atoms with Crippen LogP contribution >= 0.6 is 0 Å². The molecule has 0 fully saturated rings. The lowest BCUT2D eigenvalue weighted by Gasteiger charge is -2.28. The highest BCUT2D eigenvalue weighted by atomic mass is 16.5. The van der Waals surface area contributed by atoms with Crippen LogP contribution in [0.4, 0.5) is 11.4 Å². The van der Waals surface area contributed by atoms with Crippen LogP contribution in [-0.4, -0.2) is 23.6 Å². The molecule has 11 rings (SSSR count). The first-order chi connectivity index (χ1) is 55.1. The van der Waals surface area contributed by atoms with Crippen LogP contribution in [-0.2, 0) is 21.7 Å². The van der Waals surface area contributed by atoms with E-state index >= 15 is 19.2 Å². The Morgan fingerprint density at radius 3 is 0.724 bits per heavy atom. The summed E-state index contributed by atoms with van der Waals surface area (Å²) in [7, 11) is 0. The second kappa shape index (κ2) is 36.5. The lowest BCUT2D eigenvalue weighted by atomic mass is 9.80. The van der Waals surface area contributed by atoms with Gasteiger partial charge in [0.25, 0.3) is 11.8 Å². The predicted molar refractivity (Wildman–Crippen MR) is 485 cm³/mol. The second-order valence-corrected chi connectivity index (χ2v) is 36.4. The Bertz CT molecular complexity index is 4960. The van der Waals surface area contributed by atoms with Crippen LogP contribution in [0.2, 0.25) is 0 Å². The van der Waals surface area contributed by atoms with E-state index in [1.165, 1.54) is 0 Å². The van der Waals surface area contributed by atoms with E-state index in [4.69, 9.17) is 30.4 Å². The number of primary amides is 2. The summed E-state index contributed by atoms with van der Waals surface area (Å²) in [6.07, 6.45) is 17.0. The van der Waals surface area contributed by atoms with Gasteiger partial charge < -0.3 is 41.0 Å². The number of nitrogens with two attached hydrogens (primary N) is 2. The summed E-state index contributed by atoms with van der Waals surface area (Å²) in [6.45, 7) is 43.9. The summed E-state index contributed by atoms with van der Waals surface area (Å²) in [5.74, 6) is -0.551. The zero-order valence-corrected chi connectivity index (χ0v) is 73.1. The topological polar surface area (TPSA) is 181 Å². The van der Waals surface area contributed by atoms with Crippen LogP contribution in [0.15, 0.2) is 158 Å². The molecular weight excluding hydrogens is 1430 g/mol. The molecule has 0 aromatic heterocycles. The van der Waals surface area contributed by atoms with Crippen molar-refractivity contribution in [2.24, 2.45) is 11.5 Å². The van der Waals surface area contributed by atoms with Crippen molar-refractivity contribution in [3.05, 3.63) is 224 Å². The number of hydrogen-bond donors (Lipinski definition) is 4. The van der Waals surface area contributed by atoms with Crippen molar-refractivity contribution in [3.63, 3.8) is 0 Å². The van der Waals surface area contributed by atoms with Gasteiger partial charge in [0.1, 0.15) is 46.0 Å². The number of fused-ring (bicyclic) bond motifs is 2. The van der Waals surface area contributed by atoms with Crippen LogP contribution in [0.3, 0.4) is 0 Å². The molecule has 0 radical (unpaired) electrons. The molecule has 0 saturated carbocycles. The van der Waals surface area contributed by atoms with E-state index < -0.39 is 23.6 Å². The van der Waals surface area contributed by atoms with Crippen LogP contribution in [0.5, 0.6) is 46.0 Å². The molecule has 11 aromatic rings. The summed E-state index contributed by atoms with van der Waals surface area (Å²) < 4.78 is 30.3. The van der Waals surface area contributed by atoms with Crippen molar-refractivity contribution in [3.8, 4) is 46.0 Å². The van der Waals surface area contributed by atoms with E-state index in [9.17, 15) is 0 Å². The monoisotopic (exact) mass is 1560 g/mol. The molecule has 0 bridgehead atoms. The number of ether oxygens (including phenoxy) is 4. The van der Waals surface area contributed by atoms with Gasteiger partial charge in [-0.15, -0.1) is 0 Å². The first-order valence-electron chi connectivity index (χ1n) is 43.1. The van der Waals surface area contributed by atoms with Gasteiger partial charge in [0.05, 0.1) is 22.3 Å². The van der Waals surface area contributed by atoms with Crippen molar-refractivity contribution < 1.29 is 38.1 Å². The van der Waals surface area contributed by atoms with Gasteiger partial charge >= 0.3 is 0 Å². The molecule has 0 aliphatic rings. The average Bonchev–Trinajstić information content (AvgIpc) is 0.678. The van der Waals surface area contributed by atoms with Gasteiger partial charge in [-0.1, -0.05) is 300 Å². The third-order valence-corrected chi connectivity index (χ3v) is 24.5. The van der Waals surface area contributed by atoms with E-state index in [1.54, 1.807) is 24.3 Å². The van der Waals surface area contributed by atoms with Crippen molar-refractivity contribution in [2.45, 2.75) is 287 Å². The van der Waals surface area contributed by atoms with E-state index in [0.717, 1.165) is 147 Å². The molecule has 0 saturated heterocycles. The molecule has 12 heteroatoms. The number of nitrogens with one attached hydrogen (secondary N) is 2. The lowest BCUT2D eigenvalue weighted by molar-refractivity contribution is 0.0996. The van der Waals surface area contributed by atoms with Crippen LogP contribution in [0.1, 0.15) is 351 Å². The maximum atomic E-state index is 17.1. The van der Waals surface area contributed by atoms with E-state index in [2.05, 4.69) is 222 Å². The normalized spacial score (nSPS) is 12.3. The Labute approximate surface area is 691 Å². The molecule has 0 atom stereocenters. The molecular formula is C104H128N4O8. The molecule has 116 heavy (non-hydrogen) atoms. The van der Waals surface area contributed by atoms with Gasteiger partial charge in [0, 0.05) is 54.5 Å². The molecule has 6 N–H and O–H groups in total. The van der Waals surface area contributed by atoms with Gasteiger partial charge in [0.15, 0.2) is 0 Å². The number of hydrogen-bond acceptors (Lipinski definition) is 8. The molecule has 0 unspecified atom stereocenters. The van der Waals surface area contributed by atoms with Gasteiger partial charge in [0.2, 0.25) is 11.8 Å². The van der Waals surface area contributed by atoms with Crippen LogP contribution in [0, 0.1) is 0 Å². The highest BCUT2D eigenvalue weighted by molar-refractivity contribution is 6.43. The van der Waals surface area contributed by atoms with Crippen molar-refractivity contribution in [2.75, 3.05) is 10.6 Å². The number of unbranched alkanes of at least 4 members (excludes halogenated alkanes) is 8. The predicted octanol–water partition coefficient (Wildman–Crippen LogP) is 29.5. The Morgan fingerprint density at radius 1 is 0.302 bits per heavy atom. The van der Waals surface area contributed by atoms with E-state index in [1.807, 2.05) is 60.7 Å². The molecule has 0 heterocycles. The summed E-state index contributed by atoms with van der Waals surface area (Å²) in [5.41, 5.74) is 22.4. The maximum absolute atomic E-state index is 17.1. The van der Waals surface area contributed by atoms with Crippen molar-refractivity contribution in [1.82, 2.24) is 0 Å². The van der Waals surface area contributed by atoms with Crippen LogP contribution in [0.25, 0.3) is 43.1 Å². The summed E-state index contributed by atoms with van der Waals surface area (Å²) in [5, 5.41) is 9.37. The summed E-state index contributed by atoms with van der Waals surface area (Å²) in [4.78, 5) is 64.2. The maximum Gasteiger partial charge on any atom is 0.256 e. The molecule has 11 aromatic carbocycles. The minimum absolute atomic E-state index is 0.0244. The smallest absolute Gasteiger partial charge is 0.256 e. The second-order valence-electron chi connectivity index (χ2n) is 36.4. The largest absolute Gasteiger partial charge is 0.457 e. The fourth-order valence-corrected chi connectivity index (χ4v) is 17.2. The Balaban J connectivity index is 1.39. The fraction of sp³-hybridized carbons (Fsp3) is 0.423. The third-order valence-electron chi connectivity index (χ3n) is 24.5. The fourth-order valence-electron chi connectivity index (χ4n) is 17.2. The molecule has 0 spiro atoms. The van der Waals surface area contributed by atoms with Crippen LogP contribution < -0.4 is 41.0 Å². The quantitative estimate of drug-likeness (QED) is 0.0168. The molecule has 612 valence electrons. The zero-order valence-electron chi connectivity index (χ0n) is 73.1. The molecule has 0 aliphatic heterocycles. The molecule has 12 nitrogen and oxygen atoms in total. The zero-order chi connectivity index (χ0) is 83.9.